The molecule has 2 rings (SSSR count). The molecule has 126 valence electrons. The molecule has 0 amide bonds. The molecule has 1 heterocycles. The van der Waals surface area contributed by atoms with Gasteiger partial charge in [-0.15, -0.1) is 23.5 Å². The summed E-state index contributed by atoms with van der Waals surface area (Å²) in [7, 11) is -4.05. The van der Waals surface area contributed by atoms with Gasteiger partial charge in [0.25, 0.3) is 10.1 Å². The van der Waals surface area contributed by atoms with Gasteiger partial charge in [0.05, 0.1) is 10.3 Å². The lowest BCUT2D eigenvalue weighted by Crippen LogP contribution is -2.21. The first-order valence-electron chi connectivity index (χ1n) is 7.32. The van der Waals surface area contributed by atoms with Crippen LogP contribution in [-0.4, -0.2) is 35.5 Å². The van der Waals surface area contributed by atoms with Crippen molar-refractivity contribution in [2.24, 2.45) is 5.92 Å². The Hall–Kier alpha value is -0.760. The molecule has 7 heteroatoms. The van der Waals surface area contributed by atoms with Crippen LogP contribution in [0.15, 0.2) is 43.0 Å². The Morgan fingerprint density at radius 1 is 1.39 bits per heavy atom. The molecule has 3 atom stereocenters. The van der Waals surface area contributed by atoms with Gasteiger partial charge in [0, 0.05) is 16.9 Å². The van der Waals surface area contributed by atoms with E-state index in [4.69, 9.17) is 4.55 Å². The van der Waals surface area contributed by atoms with Crippen LogP contribution in [0.25, 0.3) is 0 Å². The van der Waals surface area contributed by atoms with Gasteiger partial charge in [-0.25, -0.2) is 0 Å². The van der Waals surface area contributed by atoms with Gasteiger partial charge < -0.3 is 0 Å². The molecule has 0 saturated carbocycles. The summed E-state index contributed by atoms with van der Waals surface area (Å²) in [5, 5.41) is 0.292. The standard InChI is InChI=1S/C16H20O4S3/c1-2-15(17)13(8-9-23(18,19)20)10-14-11-21-16(22-14)12-6-4-3-5-7-12/h2-7,13-14,16H,1,8-11H2,(H,18,19,20). The van der Waals surface area contributed by atoms with Crippen molar-refractivity contribution in [1.82, 2.24) is 0 Å². The van der Waals surface area contributed by atoms with E-state index in [1.807, 2.05) is 41.7 Å². The predicted molar refractivity (Wildman–Crippen MR) is 97.4 cm³/mol. The van der Waals surface area contributed by atoms with Crippen molar-refractivity contribution in [2.45, 2.75) is 22.7 Å². The molecular formula is C16H20O4S3. The van der Waals surface area contributed by atoms with E-state index in [-0.39, 0.29) is 18.0 Å². The Kier molecular flexibility index (Phi) is 6.76. The van der Waals surface area contributed by atoms with Crippen molar-refractivity contribution >= 4 is 39.4 Å². The first-order valence-corrected chi connectivity index (χ1v) is 10.9. The molecule has 1 aliphatic heterocycles. The van der Waals surface area contributed by atoms with Gasteiger partial charge >= 0.3 is 0 Å². The largest absolute Gasteiger partial charge is 0.295 e. The minimum Gasteiger partial charge on any atom is -0.295 e. The Labute approximate surface area is 145 Å². The van der Waals surface area contributed by atoms with Crippen LogP contribution < -0.4 is 0 Å². The molecule has 1 aromatic carbocycles. The summed E-state index contributed by atoms with van der Waals surface area (Å²) in [4.78, 5) is 12.0. The number of allylic oxidation sites excluding steroid dienone is 1. The highest BCUT2D eigenvalue weighted by atomic mass is 32.2. The van der Waals surface area contributed by atoms with Crippen LogP contribution in [0, 0.1) is 5.92 Å². The van der Waals surface area contributed by atoms with Crippen molar-refractivity contribution in [2.75, 3.05) is 11.5 Å². The van der Waals surface area contributed by atoms with Crippen LogP contribution in [0.3, 0.4) is 0 Å². The molecule has 0 aromatic heterocycles. The minimum atomic E-state index is -4.05. The number of carbonyl (C=O) groups is 1. The molecule has 1 aromatic rings. The third-order valence-corrected chi connectivity index (χ3v) is 7.83. The molecule has 1 N–H and O–H groups in total. The lowest BCUT2D eigenvalue weighted by atomic mass is 9.95. The van der Waals surface area contributed by atoms with E-state index >= 15 is 0 Å². The number of benzene rings is 1. The average Bonchev–Trinajstić information content (AvgIpc) is 2.99. The van der Waals surface area contributed by atoms with Crippen molar-refractivity contribution < 1.29 is 17.8 Å². The smallest absolute Gasteiger partial charge is 0.264 e. The molecule has 0 aliphatic carbocycles. The zero-order valence-electron chi connectivity index (χ0n) is 12.6. The maximum atomic E-state index is 12.0. The summed E-state index contributed by atoms with van der Waals surface area (Å²) in [5.41, 5.74) is 1.26. The Morgan fingerprint density at radius 2 is 2.09 bits per heavy atom. The second kappa shape index (κ2) is 8.37. The first-order chi connectivity index (χ1) is 10.9. The fraction of sp³-hybridized carbons (Fsp3) is 0.438. The van der Waals surface area contributed by atoms with Crippen molar-refractivity contribution in [1.29, 1.82) is 0 Å². The SMILES string of the molecule is C=CC(=O)C(CCS(=O)(=O)O)CC1CSC(c2ccccc2)S1. The Morgan fingerprint density at radius 3 is 2.70 bits per heavy atom. The fourth-order valence-corrected chi connectivity index (χ4v) is 6.54. The molecular weight excluding hydrogens is 352 g/mol. The third kappa shape index (κ3) is 5.99. The zero-order valence-corrected chi connectivity index (χ0v) is 15.1. The number of hydrogen-bond acceptors (Lipinski definition) is 5. The monoisotopic (exact) mass is 372 g/mol. The van der Waals surface area contributed by atoms with E-state index in [1.54, 1.807) is 0 Å². The summed E-state index contributed by atoms with van der Waals surface area (Å²) in [5.74, 6) is -0.00885. The summed E-state index contributed by atoms with van der Waals surface area (Å²) in [6, 6.07) is 10.2. The van der Waals surface area contributed by atoms with Gasteiger partial charge in [-0.1, -0.05) is 36.9 Å². The number of ketones is 1. The highest BCUT2D eigenvalue weighted by Crippen LogP contribution is 2.50. The molecule has 0 bridgehead atoms. The van der Waals surface area contributed by atoms with Crippen LogP contribution in [0.4, 0.5) is 0 Å². The van der Waals surface area contributed by atoms with Gasteiger partial charge in [-0.3, -0.25) is 9.35 Å². The number of carbonyl (C=O) groups excluding carboxylic acids is 1. The van der Waals surface area contributed by atoms with E-state index < -0.39 is 16.0 Å². The Bertz CT molecular complexity index is 643. The highest BCUT2D eigenvalue weighted by Gasteiger charge is 2.31. The van der Waals surface area contributed by atoms with E-state index in [9.17, 15) is 13.2 Å². The maximum absolute atomic E-state index is 12.0. The van der Waals surface area contributed by atoms with Gasteiger partial charge in [-0.2, -0.15) is 8.42 Å². The van der Waals surface area contributed by atoms with Crippen LogP contribution in [0.1, 0.15) is 23.0 Å². The first kappa shape index (κ1) is 18.6. The highest BCUT2D eigenvalue weighted by molar-refractivity contribution is 8.19. The molecule has 1 fully saturated rings. The van der Waals surface area contributed by atoms with Crippen LogP contribution in [0.2, 0.25) is 0 Å². The van der Waals surface area contributed by atoms with Crippen molar-refractivity contribution in [3.63, 3.8) is 0 Å². The molecule has 3 unspecified atom stereocenters. The number of hydrogen-bond donors (Lipinski definition) is 1. The average molecular weight is 373 g/mol. The molecule has 0 radical (unpaired) electrons. The second-order valence-electron chi connectivity index (χ2n) is 5.45. The number of thioether (sulfide) groups is 2. The van der Waals surface area contributed by atoms with Crippen LogP contribution >= 0.6 is 23.5 Å². The Balaban J connectivity index is 1.95. The summed E-state index contributed by atoms with van der Waals surface area (Å²) in [6.07, 6.45) is 2.00. The molecule has 1 saturated heterocycles. The van der Waals surface area contributed by atoms with Crippen LogP contribution in [-0.2, 0) is 14.9 Å². The van der Waals surface area contributed by atoms with Gasteiger partial charge in [0.15, 0.2) is 5.78 Å². The van der Waals surface area contributed by atoms with E-state index in [2.05, 4.69) is 18.7 Å². The summed E-state index contributed by atoms with van der Waals surface area (Å²) in [6.45, 7) is 3.49. The van der Waals surface area contributed by atoms with Crippen molar-refractivity contribution in [3.8, 4) is 0 Å². The molecule has 4 nitrogen and oxygen atoms in total. The second-order valence-corrected chi connectivity index (χ2v) is 9.87. The maximum Gasteiger partial charge on any atom is 0.264 e. The fourth-order valence-electron chi connectivity index (χ4n) is 2.51. The minimum absolute atomic E-state index is 0.140. The van der Waals surface area contributed by atoms with Gasteiger partial charge in [0.1, 0.15) is 0 Å². The van der Waals surface area contributed by atoms with E-state index in [0.717, 1.165) is 5.75 Å². The molecule has 23 heavy (non-hydrogen) atoms. The lowest BCUT2D eigenvalue weighted by Gasteiger charge is -2.17. The van der Waals surface area contributed by atoms with E-state index in [1.165, 1.54) is 11.6 Å². The molecule has 1 aliphatic rings. The van der Waals surface area contributed by atoms with Crippen LogP contribution in [0.5, 0.6) is 0 Å². The summed E-state index contributed by atoms with van der Waals surface area (Å²) >= 11 is 3.66. The topological polar surface area (TPSA) is 71.4 Å². The normalized spacial score (nSPS) is 22.7. The van der Waals surface area contributed by atoms with Gasteiger partial charge in [-0.05, 0) is 24.5 Å². The third-order valence-electron chi connectivity index (χ3n) is 3.70. The number of rotatable bonds is 8. The quantitative estimate of drug-likeness (QED) is 0.555. The molecule has 0 spiro atoms. The summed E-state index contributed by atoms with van der Waals surface area (Å²) < 4.78 is 31.1. The van der Waals surface area contributed by atoms with E-state index in [0.29, 0.717) is 16.3 Å². The zero-order chi connectivity index (χ0) is 16.9. The van der Waals surface area contributed by atoms with Gasteiger partial charge in [0.2, 0.25) is 0 Å². The van der Waals surface area contributed by atoms with Crippen molar-refractivity contribution in [3.05, 3.63) is 48.6 Å². The predicted octanol–water partition coefficient (Wildman–Crippen LogP) is 3.57. The lowest BCUT2D eigenvalue weighted by molar-refractivity contribution is -0.118.